The molecule has 0 bridgehead atoms. The van der Waals surface area contributed by atoms with Crippen LogP contribution in [0.15, 0.2) is 17.5 Å². The van der Waals surface area contributed by atoms with Crippen molar-refractivity contribution in [2.75, 3.05) is 6.54 Å². The van der Waals surface area contributed by atoms with E-state index in [1.165, 1.54) is 27.1 Å². The van der Waals surface area contributed by atoms with E-state index in [2.05, 4.69) is 43.6 Å². The van der Waals surface area contributed by atoms with Crippen LogP contribution in [0.5, 0.6) is 0 Å². The lowest BCUT2D eigenvalue weighted by Gasteiger charge is -2.19. The van der Waals surface area contributed by atoms with Crippen LogP contribution in [0.3, 0.4) is 0 Å². The standard InChI is InChI=1S/C14H21NS2/c1-4-10(3)8-11(15-5-2)13-9-14-12(17-13)6-7-16-14/h6-7,9-11,15H,4-5,8H2,1-3H3. The second-order valence-electron chi connectivity index (χ2n) is 4.66. The van der Waals surface area contributed by atoms with Gasteiger partial charge in [-0.1, -0.05) is 27.2 Å². The fraction of sp³-hybridized carbons (Fsp3) is 0.571. The van der Waals surface area contributed by atoms with Gasteiger partial charge in [0.25, 0.3) is 0 Å². The van der Waals surface area contributed by atoms with Crippen LogP contribution in [0, 0.1) is 5.92 Å². The van der Waals surface area contributed by atoms with E-state index in [0.717, 1.165) is 12.5 Å². The van der Waals surface area contributed by atoms with Crippen molar-refractivity contribution in [2.24, 2.45) is 5.92 Å². The highest BCUT2D eigenvalue weighted by Gasteiger charge is 2.16. The number of nitrogens with one attached hydrogen (secondary N) is 1. The Hall–Kier alpha value is -0.380. The molecule has 2 atom stereocenters. The SMILES string of the molecule is CCNC(CC(C)CC)c1cc2sccc2s1. The van der Waals surface area contributed by atoms with Crippen molar-refractivity contribution in [3.63, 3.8) is 0 Å². The topological polar surface area (TPSA) is 12.0 Å². The third-order valence-corrected chi connectivity index (χ3v) is 5.49. The summed E-state index contributed by atoms with van der Waals surface area (Å²) < 4.78 is 2.88. The predicted molar refractivity (Wildman–Crippen MR) is 80.2 cm³/mol. The van der Waals surface area contributed by atoms with Gasteiger partial charge in [0.05, 0.1) is 0 Å². The average molecular weight is 267 g/mol. The van der Waals surface area contributed by atoms with Crippen molar-refractivity contribution in [1.82, 2.24) is 5.32 Å². The molecule has 2 aromatic rings. The molecule has 2 rings (SSSR count). The Labute approximate surface area is 112 Å². The summed E-state index contributed by atoms with van der Waals surface area (Å²) >= 11 is 3.80. The minimum absolute atomic E-state index is 0.541. The van der Waals surface area contributed by atoms with E-state index in [0.29, 0.717) is 6.04 Å². The van der Waals surface area contributed by atoms with Crippen molar-refractivity contribution in [2.45, 2.75) is 39.7 Å². The van der Waals surface area contributed by atoms with Crippen LogP contribution < -0.4 is 5.32 Å². The van der Waals surface area contributed by atoms with E-state index in [4.69, 9.17) is 0 Å². The van der Waals surface area contributed by atoms with Gasteiger partial charge in [-0.2, -0.15) is 0 Å². The Morgan fingerprint density at radius 3 is 2.76 bits per heavy atom. The maximum atomic E-state index is 3.63. The van der Waals surface area contributed by atoms with Gasteiger partial charge in [0, 0.05) is 20.3 Å². The average Bonchev–Trinajstić information content (AvgIpc) is 2.88. The second-order valence-corrected chi connectivity index (χ2v) is 6.72. The van der Waals surface area contributed by atoms with Gasteiger partial charge in [0.2, 0.25) is 0 Å². The van der Waals surface area contributed by atoms with Crippen LogP contribution >= 0.6 is 22.7 Å². The van der Waals surface area contributed by atoms with Gasteiger partial charge in [-0.05, 0) is 36.4 Å². The van der Waals surface area contributed by atoms with Gasteiger partial charge in [-0.25, -0.2) is 0 Å². The molecule has 2 heterocycles. The van der Waals surface area contributed by atoms with E-state index in [1.807, 2.05) is 22.7 Å². The first-order valence-electron chi connectivity index (χ1n) is 6.44. The summed E-state index contributed by atoms with van der Waals surface area (Å²) in [5.74, 6) is 0.791. The third kappa shape index (κ3) is 3.09. The van der Waals surface area contributed by atoms with Crippen molar-refractivity contribution < 1.29 is 0 Å². The Bertz CT molecular complexity index is 429. The highest BCUT2D eigenvalue weighted by molar-refractivity contribution is 7.26. The molecule has 0 radical (unpaired) electrons. The Morgan fingerprint density at radius 1 is 1.29 bits per heavy atom. The van der Waals surface area contributed by atoms with Gasteiger partial charge in [-0.3, -0.25) is 0 Å². The minimum Gasteiger partial charge on any atom is -0.310 e. The smallest absolute Gasteiger partial charge is 0.0454 e. The zero-order valence-electron chi connectivity index (χ0n) is 10.8. The molecule has 0 saturated heterocycles. The molecule has 0 spiro atoms. The molecule has 2 aromatic heterocycles. The summed E-state index contributed by atoms with van der Waals surface area (Å²) in [4.78, 5) is 1.51. The van der Waals surface area contributed by atoms with E-state index >= 15 is 0 Å². The van der Waals surface area contributed by atoms with Crippen LogP contribution in [0.2, 0.25) is 0 Å². The molecule has 2 unspecified atom stereocenters. The molecule has 0 aliphatic heterocycles. The van der Waals surface area contributed by atoms with E-state index in [9.17, 15) is 0 Å². The Kier molecular flexibility index (Phi) is 4.60. The van der Waals surface area contributed by atoms with Crippen molar-refractivity contribution in [1.29, 1.82) is 0 Å². The molecule has 0 aliphatic rings. The Balaban J connectivity index is 2.17. The number of thiophene rings is 2. The molecular weight excluding hydrogens is 246 g/mol. The normalized spacial score (nSPS) is 15.2. The fourth-order valence-corrected chi connectivity index (χ4v) is 4.28. The van der Waals surface area contributed by atoms with Crippen molar-refractivity contribution >= 4 is 32.1 Å². The first kappa shape index (κ1) is 13.1. The van der Waals surface area contributed by atoms with E-state index < -0.39 is 0 Å². The maximum absolute atomic E-state index is 3.63. The van der Waals surface area contributed by atoms with Gasteiger partial charge in [0.15, 0.2) is 0 Å². The summed E-state index contributed by atoms with van der Waals surface area (Å²) in [6.45, 7) is 7.87. The summed E-state index contributed by atoms with van der Waals surface area (Å²) in [5.41, 5.74) is 0. The first-order valence-corrected chi connectivity index (χ1v) is 8.14. The van der Waals surface area contributed by atoms with Crippen molar-refractivity contribution in [3.05, 3.63) is 22.4 Å². The number of fused-ring (bicyclic) bond motifs is 1. The van der Waals surface area contributed by atoms with Gasteiger partial charge in [0.1, 0.15) is 0 Å². The molecule has 1 N–H and O–H groups in total. The summed E-state index contributed by atoms with van der Waals surface area (Å²) in [5, 5.41) is 5.81. The molecule has 17 heavy (non-hydrogen) atoms. The number of rotatable bonds is 6. The molecule has 3 heteroatoms. The summed E-state index contributed by atoms with van der Waals surface area (Å²) in [6, 6.07) is 5.15. The third-order valence-electron chi connectivity index (χ3n) is 3.29. The van der Waals surface area contributed by atoms with Crippen LogP contribution in [-0.4, -0.2) is 6.54 Å². The second kappa shape index (κ2) is 5.98. The molecule has 1 nitrogen and oxygen atoms in total. The largest absolute Gasteiger partial charge is 0.310 e. The molecule has 94 valence electrons. The fourth-order valence-electron chi connectivity index (χ4n) is 2.07. The lowest BCUT2D eigenvalue weighted by atomic mass is 9.98. The lowest BCUT2D eigenvalue weighted by Crippen LogP contribution is -2.21. The number of hydrogen-bond acceptors (Lipinski definition) is 3. The van der Waals surface area contributed by atoms with Gasteiger partial charge in [-0.15, -0.1) is 22.7 Å². The zero-order chi connectivity index (χ0) is 12.3. The summed E-state index contributed by atoms with van der Waals surface area (Å²) in [6.07, 6.45) is 2.51. The highest BCUT2D eigenvalue weighted by Crippen LogP contribution is 2.35. The Morgan fingerprint density at radius 2 is 2.12 bits per heavy atom. The zero-order valence-corrected chi connectivity index (χ0v) is 12.5. The minimum atomic E-state index is 0.541. The first-order chi connectivity index (χ1) is 8.24. The number of hydrogen-bond donors (Lipinski definition) is 1. The molecule has 0 aromatic carbocycles. The van der Waals surface area contributed by atoms with E-state index in [-0.39, 0.29) is 0 Å². The predicted octanol–water partition coefficient (Wildman–Crippen LogP) is 5.05. The monoisotopic (exact) mass is 267 g/mol. The van der Waals surface area contributed by atoms with Crippen molar-refractivity contribution in [3.8, 4) is 0 Å². The van der Waals surface area contributed by atoms with Crippen LogP contribution in [-0.2, 0) is 0 Å². The quantitative estimate of drug-likeness (QED) is 0.772. The lowest BCUT2D eigenvalue weighted by molar-refractivity contribution is 0.412. The molecule has 0 aliphatic carbocycles. The molecule has 0 amide bonds. The maximum Gasteiger partial charge on any atom is 0.0454 e. The van der Waals surface area contributed by atoms with Crippen LogP contribution in [0.25, 0.3) is 9.40 Å². The molecular formula is C14H21NS2. The van der Waals surface area contributed by atoms with Gasteiger partial charge >= 0.3 is 0 Å². The molecule has 0 saturated carbocycles. The van der Waals surface area contributed by atoms with E-state index in [1.54, 1.807) is 0 Å². The van der Waals surface area contributed by atoms with Crippen LogP contribution in [0.4, 0.5) is 0 Å². The highest BCUT2D eigenvalue weighted by atomic mass is 32.1. The van der Waals surface area contributed by atoms with Gasteiger partial charge < -0.3 is 5.32 Å². The van der Waals surface area contributed by atoms with Crippen LogP contribution in [0.1, 0.15) is 44.5 Å². The molecule has 0 fully saturated rings. The summed E-state index contributed by atoms with van der Waals surface area (Å²) in [7, 11) is 0.